The fourth-order valence-electron chi connectivity index (χ4n) is 10.6. The van der Waals surface area contributed by atoms with Crippen LogP contribution in [0.4, 0.5) is 4.79 Å². The second-order valence-electron chi connectivity index (χ2n) is 20.2. The van der Waals surface area contributed by atoms with Crippen molar-refractivity contribution in [1.29, 1.82) is 0 Å². The van der Waals surface area contributed by atoms with Crippen LogP contribution in [-0.2, 0) is 57.1 Å². The molecule has 4 fully saturated rings. The third-order valence-corrected chi connectivity index (χ3v) is 14.1. The summed E-state index contributed by atoms with van der Waals surface area (Å²) in [5, 5.41) is 0. The van der Waals surface area contributed by atoms with E-state index in [-0.39, 0.29) is 75.5 Å². The monoisotopic (exact) mass is 950 g/mol. The first kappa shape index (κ1) is 57.9. The van der Waals surface area contributed by atoms with Crippen molar-refractivity contribution in [3.63, 3.8) is 0 Å². The van der Waals surface area contributed by atoms with Crippen LogP contribution in [-0.4, -0.2) is 107 Å². The molecule has 0 radical (unpaired) electrons. The number of carbonyl (C=O) groups is 6. The van der Waals surface area contributed by atoms with Crippen LogP contribution in [0.2, 0.25) is 0 Å². The molecule has 0 aliphatic heterocycles. The number of rotatable bonds is 40. The third-order valence-electron chi connectivity index (χ3n) is 14.1. The first-order valence-corrected chi connectivity index (χ1v) is 26.7. The second-order valence-corrected chi connectivity index (χ2v) is 20.2. The summed E-state index contributed by atoms with van der Waals surface area (Å²) in [6.07, 6.45) is 22.5. The van der Waals surface area contributed by atoms with Crippen LogP contribution in [0, 0.1) is 28.6 Å². The molecule has 14 nitrogen and oxygen atoms in total. The van der Waals surface area contributed by atoms with Crippen LogP contribution in [0.5, 0.6) is 0 Å². The van der Waals surface area contributed by atoms with E-state index in [0.29, 0.717) is 37.4 Å². The summed E-state index contributed by atoms with van der Waals surface area (Å²) in [5.74, 6) is -0.471. The Bertz CT molecular complexity index is 1340. The van der Waals surface area contributed by atoms with E-state index in [1.165, 1.54) is 70.6 Å². The second kappa shape index (κ2) is 34.0. The molecule has 0 atom stereocenters. The summed E-state index contributed by atoms with van der Waals surface area (Å²) in [6, 6.07) is 0. The van der Waals surface area contributed by atoms with Gasteiger partial charge in [-0.2, -0.15) is 0 Å². The van der Waals surface area contributed by atoms with Crippen molar-refractivity contribution in [2.45, 2.75) is 207 Å². The van der Waals surface area contributed by atoms with Crippen LogP contribution >= 0.6 is 0 Å². The molecule has 0 spiro atoms. The molecule has 4 aliphatic carbocycles. The van der Waals surface area contributed by atoms with Crippen LogP contribution in [0.25, 0.3) is 0 Å². The van der Waals surface area contributed by atoms with Gasteiger partial charge < -0.3 is 38.1 Å². The van der Waals surface area contributed by atoms with Gasteiger partial charge in [0.05, 0.1) is 26.2 Å². The molecule has 0 aromatic heterocycles. The van der Waals surface area contributed by atoms with Gasteiger partial charge in [0.2, 0.25) is 0 Å². The molecular weight excluding hydrogens is 859 g/mol. The van der Waals surface area contributed by atoms with Crippen molar-refractivity contribution in [3.8, 4) is 0 Å². The predicted molar refractivity (Wildman–Crippen MR) is 256 cm³/mol. The van der Waals surface area contributed by atoms with E-state index in [1.54, 1.807) is 0 Å². The Hall–Kier alpha value is -3.42. The van der Waals surface area contributed by atoms with Crippen molar-refractivity contribution < 1.29 is 61.9 Å². The molecule has 0 aromatic carbocycles. The Morgan fingerprint density at radius 3 is 1.24 bits per heavy atom. The Labute approximate surface area is 403 Å². The van der Waals surface area contributed by atoms with Gasteiger partial charge in [0.15, 0.2) is 0 Å². The Kier molecular flexibility index (Phi) is 29.4. The highest BCUT2D eigenvalue weighted by atomic mass is 16.7. The topological polar surface area (TPSA) is 170 Å². The molecule has 0 unspecified atom stereocenters. The molecule has 4 saturated carbocycles. The van der Waals surface area contributed by atoms with Crippen molar-refractivity contribution in [1.82, 2.24) is 4.90 Å². The summed E-state index contributed by atoms with van der Waals surface area (Å²) < 4.78 is 39.2. The fraction of sp³-hybridized carbons (Fsp3) is 0.887. The molecule has 4 aliphatic rings. The average molecular weight is 950 g/mol. The molecule has 14 heteroatoms. The van der Waals surface area contributed by atoms with Gasteiger partial charge in [-0.1, -0.05) is 105 Å². The highest BCUT2D eigenvalue weighted by Gasteiger charge is 2.52. The number of ether oxygens (including phenoxy) is 7. The lowest BCUT2D eigenvalue weighted by molar-refractivity contribution is -0.168. The van der Waals surface area contributed by atoms with Crippen molar-refractivity contribution in [2.24, 2.45) is 28.6 Å². The maximum atomic E-state index is 13.7. The lowest BCUT2D eigenvalue weighted by Crippen LogP contribution is -2.47. The highest BCUT2D eigenvalue weighted by molar-refractivity contribution is 5.73. The average Bonchev–Trinajstić information content (AvgIpc) is 3.29. The molecule has 4 rings (SSSR count). The number of carbonyl (C=O) groups excluding carboxylic acids is 6. The summed E-state index contributed by atoms with van der Waals surface area (Å²) in [7, 11) is 0. The van der Waals surface area contributed by atoms with Gasteiger partial charge in [-0.25, -0.2) is 4.79 Å². The van der Waals surface area contributed by atoms with Crippen LogP contribution in [0.3, 0.4) is 0 Å². The summed E-state index contributed by atoms with van der Waals surface area (Å²) in [5.41, 5.74) is -1.57. The Morgan fingerprint density at radius 2 is 0.806 bits per heavy atom. The van der Waals surface area contributed by atoms with Gasteiger partial charge in [-0.3, -0.25) is 24.0 Å². The minimum absolute atomic E-state index is 0.0478. The number of hydrogen-bond donors (Lipinski definition) is 0. The standard InChI is InChI=1S/C53H91NO13/c1-5-9-11-13-15-17-19-29-61-46(55)24-21-26-48(57)64-39-53(42-67-51(60)63-31-23-28-54(7-3)8-4,41-66-50(59)38-52-35-43-32-44(36-52)34-45(33-43)37-52)40-65-49(58)27-22-25-47(56)62-30-20-18-16-14-12-10-6-2/h43-45H,5-42H2,1-4H3. The van der Waals surface area contributed by atoms with Crippen molar-refractivity contribution >= 4 is 36.0 Å². The predicted octanol–water partition coefficient (Wildman–Crippen LogP) is 11.0. The molecule has 0 heterocycles. The summed E-state index contributed by atoms with van der Waals surface area (Å²) in [6.45, 7) is 10.2. The van der Waals surface area contributed by atoms with Gasteiger partial charge in [0.1, 0.15) is 31.8 Å². The number of nitrogens with zero attached hydrogens (tertiary/aromatic N) is 1. The fourth-order valence-corrected chi connectivity index (χ4v) is 10.6. The van der Waals surface area contributed by atoms with Crippen molar-refractivity contribution in [3.05, 3.63) is 0 Å². The quantitative estimate of drug-likeness (QED) is 0.0323. The van der Waals surface area contributed by atoms with Gasteiger partial charge in [0, 0.05) is 32.2 Å². The zero-order valence-electron chi connectivity index (χ0n) is 42.4. The smallest absolute Gasteiger partial charge is 0.466 e. The molecule has 386 valence electrons. The maximum Gasteiger partial charge on any atom is 0.508 e. The molecule has 0 N–H and O–H groups in total. The zero-order chi connectivity index (χ0) is 48.6. The van der Waals surface area contributed by atoms with E-state index >= 15 is 0 Å². The maximum absolute atomic E-state index is 13.7. The van der Waals surface area contributed by atoms with E-state index in [9.17, 15) is 28.8 Å². The van der Waals surface area contributed by atoms with E-state index in [2.05, 4.69) is 32.6 Å². The Balaban J connectivity index is 1.61. The van der Waals surface area contributed by atoms with Gasteiger partial charge in [0.25, 0.3) is 0 Å². The first-order chi connectivity index (χ1) is 32.4. The van der Waals surface area contributed by atoms with E-state index in [4.69, 9.17) is 33.2 Å². The number of unbranched alkanes of at least 4 members (excludes halogenated alkanes) is 12. The van der Waals surface area contributed by atoms with Gasteiger partial charge in [-0.05, 0) is 107 Å². The van der Waals surface area contributed by atoms with E-state index in [1.807, 2.05) is 0 Å². The molecule has 67 heavy (non-hydrogen) atoms. The molecule has 0 amide bonds. The minimum Gasteiger partial charge on any atom is -0.466 e. The molecule has 0 saturated heterocycles. The molecular formula is C53H91NO13. The SMILES string of the molecule is CCCCCCCCCOC(=O)CCCC(=O)OCC(COC(=O)CCCC(=O)OCCCCCCCCC)(COC(=O)CC12CC3CC(CC(C3)C1)C2)COC(=O)OCCCN(CC)CC. The van der Waals surface area contributed by atoms with Crippen molar-refractivity contribution in [2.75, 3.05) is 65.9 Å². The summed E-state index contributed by atoms with van der Waals surface area (Å²) >= 11 is 0. The van der Waals surface area contributed by atoms with Crippen LogP contribution in [0.15, 0.2) is 0 Å². The minimum atomic E-state index is -1.48. The molecule has 0 aromatic rings. The molecule has 4 bridgehead atoms. The van der Waals surface area contributed by atoms with Crippen LogP contribution in [0.1, 0.15) is 207 Å². The van der Waals surface area contributed by atoms with Gasteiger partial charge >= 0.3 is 36.0 Å². The van der Waals surface area contributed by atoms with Crippen LogP contribution < -0.4 is 0 Å². The van der Waals surface area contributed by atoms with E-state index in [0.717, 1.165) is 77.4 Å². The number of esters is 5. The Morgan fingerprint density at radius 1 is 0.433 bits per heavy atom. The largest absolute Gasteiger partial charge is 0.508 e. The normalized spacial score (nSPS) is 19.5. The lowest BCUT2D eigenvalue weighted by atomic mass is 9.49. The summed E-state index contributed by atoms with van der Waals surface area (Å²) in [4.78, 5) is 80.1. The number of hydrogen-bond acceptors (Lipinski definition) is 14. The van der Waals surface area contributed by atoms with E-state index < -0.39 is 49.3 Å². The van der Waals surface area contributed by atoms with Gasteiger partial charge in [-0.15, -0.1) is 0 Å². The highest BCUT2D eigenvalue weighted by Crippen LogP contribution is 2.61. The lowest BCUT2D eigenvalue weighted by Gasteiger charge is -2.56. The zero-order valence-corrected chi connectivity index (χ0v) is 42.4. The third kappa shape index (κ3) is 25.1. The first-order valence-electron chi connectivity index (χ1n) is 26.7.